The Kier molecular flexibility index (Phi) is 19.4. The molecule has 2 N–H and O–H groups in total. The van der Waals surface area contributed by atoms with Crippen LogP contribution in [0.1, 0.15) is 116 Å². The first kappa shape index (κ1) is 54.6. The summed E-state index contributed by atoms with van der Waals surface area (Å²) in [7, 11) is 8.78. The van der Waals surface area contributed by atoms with E-state index in [1.165, 1.54) is 92.4 Å². The van der Waals surface area contributed by atoms with Crippen molar-refractivity contribution in [2.75, 3.05) is 28.2 Å². The van der Waals surface area contributed by atoms with Crippen molar-refractivity contribution in [2.24, 2.45) is 10.8 Å². The molecule has 0 spiro atoms. The van der Waals surface area contributed by atoms with Gasteiger partial charge in [-0.1, -0.05) is 224 Å². The normalized spacial score (nSPS) is 21.9. The van der Waals surface area contributed by atoms with Gasteiger partial charge in [-0.3, -0.25) is 0 Å². The lowest BCUT2D eigenvalue weighted by atomic mass is 9.76. The third-order valence-corrected chi connectivity index (χ3v) is 16.1. The maximum Gasteiger partial charge on any atom is 0.0423 e. The Morgan fingerprint density at radius 1 is 0.373 bits per heavy atom. The summed E-state index contributed by atoms with van der Waals surface area (Å²) in [5.41, 5.74) is 32.1. The lowest BCUT2D eigenvalue weighted by molar-refractivity contribution is 0.258. The molecule has 75 heavy (non-hydrogen) atoms. The van der Waals surface area contributed by atoms with Crippen molar-refractivity contribution in [3.05, 3.63) is 296 Å². The zero-order valence-electron chi connectivity index (χ0n) is 44.4. The zero-order valence-corrected chi connectivity index (χ0v) is 45.4. The summed E-state index contributed by atoms with van der Waals surface area (Å²) in [6.45, 7) is 0. The fraction of sp³-hybridized carbons (Fsp3) is 0.294. The second-order valence-corrected chi connectivity index (χ2v) is 21.3. The quantitative estimate of drug-likeness (QED) is 0.0981. The Hall–Kier alpha value is -6.70. The molecule has 6 nitrogen and oxygen atoms in total. The van der Waals surface area contributed by atoms with Crippen LogP contribution in [0.4, 0.5) is 0 Å². The number of nitrogens with zero attached hydrogens (tertiary/aromatic N) is 5. The highest BCUT2D eigenvalue weighted by Crippen LogP contribution is 2.41. The van der Waals surface area contributed by atoms with Crippen LogP contribution >= 0.6 is 13.5 Å². The summed E-state index contributed by atoms with van der Waals surface area (Å²) in [6.07, 6.45) is 8.59. The van der Waals surface area contributed by atoms with Crippen molar-refractivity contribution in [1.82, 2.24) is 9.80 Å². The minimum absolute atomic E-state index is 0. The molecule has 4 aliphatic carbocycles. The number of hydrogen-bond donors (Lipinski definition) is 1. The summed E-state index contributed by atoms with van der Waals surface area (Å²) in [4.78, 5) is 7.72. The Bertz CT molecular complexity index is 2950. The molecule has 0 heterocycles. The molecule has 7 heteroatoms. The van der Waals surface area contributed by atoms with Crippen molar-refractivity contribution in [3.8, 4) is 0 Å². The van der Waals surface area contributed by atoms with Gasteiger partial charge in [0.2, 0.25) is 0 Å². The Labute approximate surface area is 454 Å². The van der Waals surface area contributed by atoms with Gasteiger partial charge < -0.3 is 15.5 Å². The van der Waals surface area contributed by atoms with Crippen LogP contribution < -0.4 is 5.73 Å². The standard InChI is InChI=1S/2C18H21N.C16H15N3.C16H17N.H2S/c2*1-19(2)16-12-15-10-6-7-11-17(15)18(13-16)14-8-4-3-5-9-14;17-19-18-14-10-13-8-4-5-9-15(13)16(11-14)12-6-2-1-3-7-12;17-14-10-13-8-4-5-9-15(13)16(11-14)12-6-2-1-3-7-12;/h2*3-11,16,18H,12-13H2,1-2H3;1-9,14,16H,10-11H2;1-9,14,16H,10-11,17H2;1H2/t16-,18+;16-,18-;2*14-,16+;/m1111./s1. The lowest BCUT2D eigenvalue weighted by Crippen LogP contribution is -2.35. The number of rotatable bonds is 7. The summed E-state index contributed by atoms with van der Waals surface area (Å²) in [5.74, 6) is 1.88. The second-order valence-electron chi connectivity index (χ2n) is 21.3. The molecule has 384 valence electrons. The number of benzene rings is 8. The smallest absolute Gasteiger partial charge is 0.0423 e. The maximum atomic E-state index is 8.68. The molecule has 0 fully saturated rings. The van der Waals surface area contributed by atoms with E-state index in [2.05, 4.69) is 260 Å². The molecule has 0 saturated carbocycles. The van der Waals surface area contributed by atoms with E-state index in [0.29, 0.717) is 35.8 Å². The van der Waals surface area contributed by atoms with Crippen LogP contribution in [-0.2, 0) is 25.7 Å². The van der Waals surface area contributed by atoms with Crippen molar-refractivity contribution in [2.45, 2.75) is 99.2 Å². The molecule has 0 unspecified atom stereocenters. The fourth-order valence-corrected chi connectivity index (χ4v) is 12.2. The van der Waals surface area contributed by atoms with Crippen molar-refractivity contribution >= 4 is 13.5 Å². The van der Waals surface area contributed by atoms with Crippen LogP contribution in [0, 0.1) is 0 Å². The highest BCUT2D eigenvalue weighted by molar-refractivity contribution is 7.59. The molecule has 12 rings (SSSR count). The van der Waals surface area contributed by atoms with Crippen LogP contribution in [-0.4, -0.2) is 62.2 Å². The van der Waals surface area contributed by atoms with Gasteiger partial charge in [0, 0.05) is 52.8 Å². The second kappa shape index (κ2) is 26.7. The summed E-state index contributed by atoms with van der Waals surface area (Å²) in [5, 5.41) is 3.94. The predicted octanol–water partition coefficient (Wildman–Crippen LogP) is 15.0. The first-order valence-corrected chi connectivity index (χ1v) is 26.9. The zero-order chi connectivity index (χ0) is 51.2. The SMILES string of the molecule is CN(C)[C@@H]1Cc2ccccc2[C@@H](c2ccccc2)C1.CN(C)[C@@H]1Cc2ccccc2[C@H](c2ccccc2)C1.N[C@@H]1Cc2ccccc2[C@H](c2ccccc2)C1.S.[N-]=[N+]=N[C@@H]1Cc2ccccc2[C@H](c2ccccc2)C1. The predicted molar refractivity (Wildman–Crippen MR) is 318 cm³/mol. The molecule has 8 atom stereocenters. The largest absolute Gasteiger partial charge is 0.327 e. The van der Waals surface area contributed by atoms with E-state index in [4.69, 9.17) is 11.3 Å². The van der Waals surface area contributed by atoms with Crippen LogP contribution in [0.15, 0.2) is 224 Å². The fourth-order valence-electron chi connectivity index (χ4n) is 12.2. The van der Waals surface area contributed by atoms with Gasteiger partial charge in [-0.2, -0.15) is 13.5 Å². The van der Waals surface area contributed by atoms with Gasteiger partial charge in [-0.25, -0.2) is 0 Å². The Morgan fingerprint density at radius 2 is 0.653 bits per heavy atom. The van der Waals surface area contributed by atoms with Crippen LogP contribution in [0.3, 0.4) is 0 Å². The Morgan fingerprint density at radius 3 is 0.987 bits per heavy atom. The third-order valence-electron chi connectivity index (χ3n) is 16.1. The van der Waals surface area contributed by atoms with E-state index in [9.17, 15) is 0 Å². The van der Waals surface area contributed by atoms with E-state index in [1.807, 2.05) is 6.07 Å². The highest BCUT2D eigenvalue weighted by atomic mass is 32.1. The molecular weight excluding hydrogens is 933 g/mol. The molecule has 0 aliphatic heterocycles. The van der Waals surface area contributed by atoms with Gasteiger partial charge in [0.1, 0.15) is 0 Å². The minimum atomic E-state index is 0. The number of nitrogens with two attached hydrogens (primary N) is 1. The summed E-state index contributed by atoms with van der Waals surface area (Å²) in [6, 6.07) is 79.7. The Balaban J connectivity index is 0.000000132. The van der Waals surface area contributed by atoms with Gasteiger partial charge in [0.15, 0.2) is 0 Å². The highest BCUT2D eigenvalue weighted by Gasteiger charge is 2.31. The van der Waals surface area contributed by atoms with Crippen LogP contribution in [0.5, 0.6) is 0 Å². The van der Waals surface area contributed by atoms with E-state index in [0.717, 1.165) is 25.7 Å². The molecule has 0 amide bonds. The van der Waals surface area contributed by atoms with E-state index in [1.54, 1.807) is 0 Å². The van der Waals surface area contributed by atoms with Gasteiger partial charge in [0.05, 0.1) is 0 Å². The number of fused-ring (bicyclic) bond motifs is 4. The van der Waals surface area contributed by atoms with Gasteiger partial charge in [-0.15, -0.1) is 0 Å². The van der Waals surface area contributed by atoms with E-state index >= 15 is 0 Å². The average Bonchev–Trinajstić information content (AvgIpc) is 3.45. The van der Waals surface area contributed by atoms with Crippen molar-refractivity contribution in [1.29, 1.82) is 0 Å². The summed E-state index contributed by atoms with van der Waals surface area (Å²) < 4.78 is 0. The molecule has 0 saturated heterocycles. The number of likely N-dealkylation sites (N-methyl/N-ethyl adjacent to an activating group) is 2. The van der Waals surface area contributed by atoms with Crippen LogP contribution in [0.2, 0.25) is 0 Å². The maximum absolute atomic E-state index is 8.68. The average molecular weight is 1010 g/mol. The number of hydrogen-bond acceptors (Lipinski definition) is 4. The molecule has 0 bridgehead atoms. The molecule has 0 radical (unpaired) electrons. The lowest BCUT2D eigenvalue weighted by Gasteiger charge is -2.35. The molecule has 4 aliphatic rings. The topological polar surface area (TPSA) is 81.3 Å². The molecule has 8 aromatic carbocycles. The van der Waals surface area contributed by atoms with E-state index < -0.39 is 0 Å². The molecular formula is C68H76N6S. The molecule has 0 aromatic heterocycles. The molecule has 8 aromatic rings. The third kappa shape index (κ3) is 13.8. The first-order valence-electron chi connectivity index (χ1n) is 26.9. The van der Waals surface area contributed by atoms with E-state index in [-0.39, 0.29) is 25.6 Å². The van der Waals surface area contributed by atoms with Crippen molar-refractivity contribution in [3.63, 3.8) is 0 Å². The van der Waals surface area contributed by atoms with Crippen LogP contribution in [0.25, 0.3) is 10.4 Å². The monoisotopic (exact) mass is 1010 g/mol. The van der Waals surface area contributed by atoms with Gasteiger partial charge >= 0.3 is 0 Å². The minimum Gasteiger partial charge on any atom is -0.327 e. The first-order chi connectivity index (χ1) is 36.2. The van der Waals surface area contributed by atoms with Gasteiger partial charge in [-0.05, 0) is 152 Å². The van der Waals surface area contributed by atoms with Crippen molar-refractivity contribution < 1.29 is 0 Å². The number of azide groups is 1. The summed E-state index contributed by atoms with van der Waals surface area (Å²) >= 11 is 0. The van der Waals surface area contributed by atoms with Gasteiger partial charge in [0.25, 0.3) is 0 Å².